The molecule has 0 fully saturated rings. The van der Waals surface area contributed by atoms with Gasteiger partial charge in [-0.1, -0.05) is 0 Å². The molecule has 0 aliphatic heterocycles. The van der Waals surface area contributed by atoms with Crippen LogP contribution in [0.25, 0.3) is 6.08 Å². The summed E-state index contributed by atoms with van der Waals surface area (Å²) in [4.78, 5) is 25.1. The molecule has 0 bridgehead atoms. The maximum atomic E-state index is 11.2. The molecule has 1 aromatic heterocycles. The second-order valence-electron chi connectivity index (χ2n) is 3.28. The van der Waals surface area contributed by atoms with Crippen LogP contribution < -0.4 is 0 Å². The minimum absolute atomic E-state index is 0.00673. The van der Waals surface area contributed by atoms with Crippen molar-refractivity contribution < 1.29 is 23.9 Å². The summed E-state index contributed by atoms with van der Waals surface area (Å²) in [7, 11) is 0. The first-order chi connectivity index (χ1) is 8.68. The number of rotatable bonds is 8. The van der Waals surface area contributed by atoms with E-state index in [1.165, 1.54) is 18.4 Å². The van der Waals surface area contributed by atoms with Gasteiger partial charge in [-0.3, -0.25) is 0 Å². The lowest BCUT2D eigenvalue weighted by Gasteiger charge is -2.01. The number of ether oxygens (including phenoxy) is 1. The van der Waals surface area contributed by atoms with Crippen molar-refractivity contribution in [2.45, 2.75) is 12.8 Å². The number of esters is 1. The van der Waals surface area contributed by atoms with Crippen LogP contribution in [0.5, 0.6) is 0 Å². The molecule has 0 spiro atoms. The van der Waals surface area contributed by atoms with E-state index in [0.29, 0.717) is 18.6 Å². The minimum atomic E-state index is -0.849. The maximum absolute atomic E-state index is 11.2. The Balaban J connectivity index is 2.05. The van der Waals surface area contributed by atoms with E-state index in [-0.39, 0.29) is 13.2 Å². The molecule has 0 saturated carbocycles. The zero-order chi connectivity index (χ0) is 13.2. The SMILES string of the molecule is O=C(/C=C/c1ccco1)OCCCCO[N+](=O)[O-]. The van der Waals surface area contributed by atoms with Gasteiger partial charge in [0.15, 0.2) is 0 Å². The Morgan fingerprint density at radius 1 is 1.44 bits per heavy atom. The molecule has 18 heavy (non-hydrogen) atoms. The molecule has 7 nitrogen and oxygen atoms in total. The van der Waals surface area contributed by atoms with E-state index in [0.717, 1.165) is 0 Å². The zero-order valence-electron chi connectivity index (χ0n) is 9.61. The standard InChI is InChI=1S/C11H13NO6/c13-11(6-5-10-4-3-8-16-10)17-7-1-2-9-18-12(14)15/h3-6,8H,1-2,7,9H2/b6-5+. The van der Waals surface area contributed by atoms with Gasteiger partial charge in [0.2, 0.25) is 0 Å². The number of carbonyl (C=O) groups is 1. The van der Waals surface area contributed by atoms with E-state index in [1.54, 1.807) is 12.1 Å². The van der Waals surface area contributed by atoms with Gasteiger partial charge in [-0.25, -0.2) is 4.79 Å². The number of carbonyl (C=O) groups excluding carboxylic acids is 1. The largest absolute Gasteiger partial charge is 0.465 e. The highest BCUT2D eigenvalue weighted by Gasteiger charge is 1.99. The van der Waals surface area contributed by atoms with Gasteiger partial charge in [0.25, 0.3) is 5.09 Å². The van der Waals surface area contributed by atoms with Crippen molar-refractivity contribution in [1.29, 1.82) is 0 Å². The predicted octanol–water partition coefficient (Wildman–Crippen LogP) is 1.82. The third kappa shape index (κ3) is 6.31. The molecule has 0 unspecified atom stereocenters. The summed E-state index contributed by atoms with van der Waals surface area (Å²) in [6.45, 7) is 0.204. The predicted molar refractivity (Wildman–Crippen MR) is 60.9 cm³/mol. The molecule has 0 N–H and O–H groups in total. The highest BCUT2D eigenvalue weighted by Crippen LogP contribution is 2.02. The second kappa shape index (κ2) is 7.88. The van der Waals surface area contributed by atoms with Gasteiger partial charge in [-0.05, 0) is 31.1 Å². The van der Waals surface area contributed by atoms with E-state index in [9.17, 15) is 14.9 Å². The molecule has 0 aromatic carbocycles. The van der Waals surface area contributed by atoms with E-state index >= 15 is 0 Å². The minimum Gasteiger partial charge on any atom is -0.465 e. The monoisotopic (exact) mass is 255 g/mol. The van der Waals surface area contributed by atoms with Crippen LogP contribution in [0.1, 0.15) is 18.6 Å². The Morgan fingerprint density at radius 3 is 2.89 bits per heavy atom. The highest BCUT2D eigenvalue weighted by atomic mass is 16.9. The molecule has 0 aliphatic rings. The Bertz CT molecular complexity index is 398. The van der Waals surface area contributed by atoms with Gasteiger partial charge < -0.3 is 14.0 Å². The normalized spacial score (nSPS) is 10.4. The van der Waals surface area contributed by atoms with Gasteiger partial charge in [0.1, 0.15) is 5.76 Å². The van der Waals surface area contributed by atoms with Gasteiger partial charge >= 0.3 is 5.97 Å². The van der Waals surface area contributed by atoms with Crippen molar-refractivity contribution >= 4 is 12.0 Å². The summed E-state index contributed by atoms with van der Waals surface area (Å²) in [6.07, 6.45) is 5.22. The molecule has 7 heteroatoms. The fourth-order valence-electron chi connectivity index (χ4n) is 1.10. The van der Waals surface area contributed by atoms with E-state index in [4.69, 9.17) is 9.15 Å². The Kier molecular flexibility index (Phi) is 6.02. The molecule has 1 aromatic rings. The summed E-state index contributed by atoms with van der Waals surface area (Å²) >= 11 is 0. The Hall–Kier alpha value is -2.31. The van der Waals surface area contributed by atoms with Crippen molar-refractivity contribution in [2.75, 3.05) is 13.2 Å². The van der Waals surface area contributed by atoms with Crippen LogP contribution in [-0.4, -0.2) is 24.3 Å². The second-order valence-corrected chi connectivity index (χ2v) is 3.28. The van der Waals surface area contributed by atoms with Crippen molar-refractivity contribution in [3.8, 4) is 0 Å². The van der Waals surface area contributed by atoms with E-state index in [1.807, 2.05) is 0 Å². The summed E-state index contributed by atoms with van der Waals surface area (Å²) < 4.78 is 9.84. The number of hydrogen-bond donors (Lipinski definition) is 0. The zero-order valence-corrected chi connectivity index (χ0v) is 9.61. The molecule has 1 heterocycles. The quantitative estimate of drug-likeness (QED) is 0.231. The fourth-order valence-corrected chi connectivity index (χ4v) is 1.10. The molecule has 98 valence electrons. The lowest BCUT2D eigenvalue weighted by molar-refractivity contribution is -0.757. The van der Waals surface area contributed by atoms with Crippen LogP contribution >= 0.6 is 0 Å². The van der Waals surface area contributed by atoms with Crippen LogP contribution in [0, 0.1) is 10.1 Å². The maximum Gasteiger partial charge on any atom is 0.330 e. The van der Waals surface area contributed by atoms with Crippen LogP contribution in [0.15, 0.2) is 28.9 Å². The highest BCUT2D eigenvalue weighted by molar-refractivity contribution is 5.86. The smallest absolute Gasteiger partial charge is 0.330 e. The lowest BCUT2D eigenvalue weighted by Crippen LogP contribution is -2.05. The molecule has 0 saturated heterocycles. The molecule has 0 atom stereocenters. The molecule has 0 amide bonds. The average Bonchev–Trinajstić information content (AvgIpc) is 2.83. The Labute approximate surface area is 103 Å². The molecular formula is C11H13NO6. The summed E-state index contributed by atoms with van der Waals surface area (Å²) in [5.74, 6) is 0.0768. The van der Waals surface area contributed by atoms with Crippen molar-refractivity contribution in [3.63, 3.8) is 0 Å². The Morgan fingerprint density at radius 2 is 2.22 bits per heavy atom. The van der Waals surface area contributed by atoms with Crippen LogP contribution in [-0.2, 0) is 14.4 Å². The third-order valence-corrected chi connectivity index (χ3v) is 1.91. The summed E-state index contributed by atoms with van der Waals surface area (Å²) in [6, 6.07) is 3.42. The number of furan rings is 1. The van der Waals surface area contributed by atoms with E-state index < -0.39 is 11.1 Å². The number of hydrogen-bond acceptors (Lipinski definition) is 6. The number of nitrogens with zero attached hydrogens (tertiary/aromatic N) is 1. The number of unbranched alkanes of at least 4 members (excludes halogenated alkanes) is 1. The van der Waals surface area contributed by atoms with Crippen molar-refractivity contribution in [2.24, 2.45) is 0 Å². The molecule has 0 aliphatic carbocycles. The van der Waals surface area contributed by atoms with Crippen LogP contribution in [0.4, 0.5) is 0 Å². The summed E-state index contributed by atoms with van der Waals surface area (Å²) in [5.41, 5.74) is 0. The van der Waals surface area contributed by atoms with Gasteiger partial charge in [-0.2, -0.15) is 0 Å². The van der Waals surface area contributed by atoms with Crippen LogP contribution in [0.2, 0.25) is 0 Å². The lowest BCUT2D eigenvalue weighted by atomic mass is 10.3. The first kappa shape index (κ1) is 13.8. The third-order valence-electron chi connectivity index (χ3n) is 1.91. The molecule has 0 radical (unpaired) electrons. The first-order valence-electron chi connectivity index (χ1n) is 5.34. The molecule has 1 rings (SSSR count). The molecular weight excluding hydrogens is 242 g/mol. The fraction of sp³-hybridized carbons (Fsp3) is 0.364. The van der Waals surface area contributed by atoms with Crippen LogP contribution in [0.3, 0.4) is 0 Å². The average molecular weight is 255 g/mol. The topological polar surface area (TPSA) is 91.8 Å². The first-order valence-corrected chi connectivity index (χ1v) is 5.34. The van der Waals surface area contributed by atoms with Crippen molar-refractivity contribution in [3.05, 3.63) is 40.3 Å². The summed E-state index contributed by atoms with van der Waals surface area (Å²) in [5, 5.41) is 8.97. The van der Waals surface area contributed by atoms with Gasteiger partial charge in [0, 0.05) is 6.08 Å². The van der Waals surface area contributed by atoms with Gasteiger partial charge in [-0.15, -0.1) is 10.1 Å². The van der Waals surface area contributed by atoms with E-state index in [2.05, 4.69) is 4.84 Å². The van der Waals surface area contributed by atoms with Crippen molar-refractivity contribution in [1.82, 2.24) is 0 Å². The van der Waals surface area contributed by atoms with Gasteiger partial charge in [0.05, 0.1) is 19.5 Å².